The Morgan fingerprint density at radius 3 is 1.00 bits per heavy atom. The van der Waals surface area contributed by atoms with Crippen molar-refractivity contribution in [3.8, 4) is 0 Å². The Balaban J connectivity index is 4.05. The van der Waals surface area contributed by atoms with E-state index in [4.69, 9.17) is 9.05 Å². The Kier molecular flexibility index (Phi) is 62.7. The molecule has 2 N–H and O–H groups in total. The molecule has 482 valence electrons. The lowest BCUT2D eigenvalue weighted by Gasteiger charge is -2.29. The Morgan fingerprint density at radius 1 is 0.420 bits per heavy atom. The zero-order chi connectivity index (χ0) is 59.1. The van der Waals surface area contributed by atoms with E-state index in [0.717, 1.165) is 38.5 Å². The molecule has 3 unspecified atom stereocenters. The van der Waals surface area contributed by atoms with Gasteiger partial charge in [-0.25, -0.2) is 0 Å². The summed E-state index contributed by atoms with van der Waals surface area (Å²) in [5, 5.41) is 14.0. The molecule has 3 atom stereocenters. The van der Waals surface area contributed by atoms with Crippen LogP contribution in [0.4, 0.5) is 0 Å². The number of quaternary nitrogens is 1. The Morgan fingerprint density at radius 2 is 0.691 bits per heavy atom. The first-order valence-electron chi connectivity index (χ1n) is 36.2. The van der Waals surface area contributed by atoms with E-state index in [1.165, 1.54) is 321 Å². The van der Waals surface area contributed by atoms with Crippen molar-refractivity contribution in [3.05, 3.63) is 24.3 Å². The molecule has 0 bridgehead atoms. The lowest BCUT2D eigenvalue weighted by atomic mass is 10.0. The van der Waals surface area contributed by atoms with E-state index < -0.39 is 20.0 Å². The summed E-state index contributed by atoms with van der Waals surface area (Å²) in [7, 11) is 1.26. The van der Waals surface area contributed by atoms with Crippen LogP contribution in [0, 0.1) is 0 Å². The molecule has 0 aliphatic heterocycles. The number of likely N-dealkylation sites (N-methyl/N-ethyl adjacent to an activating group) is 1. The number of allylic oxidation sites excluding steroid dienone is 3. The molecule has 0 spiro atoms. The molecule has 0 aromatic rings. The summed E-state index contributed by atoms with van der Waals surface area (Å²) in [5.41, 5.74) is 0. The molecule has 9 heteroatoms. The number of nitrogens with one attached hydrogen (secondary N) is 1. The van der Waals surface area contributed by atoms with Crippen LogP contribution >= 0.6 is 7.82 Å². The van der Waals surface area contributed by atoms with Gasteiger partial charge in [-0.05, 0) is 32.1 Å². The fourth-order valence-corrected chi connectivity index (χ4v) is 12.0. The molecule has 0 rings (SSSR count). The average Bonchev–Trinajstić information content (AvgIpc) is 3.43. The van der Waals surface area contributed by atoms with Crippen LogP contribution in [0.15, 0.2) is 24.3 Å². The molecule has 0 heterocycles. The minimum absolute atomic E-state index is 0.00336. The minimum Gasteiger partial charge on any atom is -0.756 e. The van der Waals surface area contributed by atoms with E-state index in [0.29, 0.717) is 17.4 Å². The highest BCUT2D eigenvalue weighted by Gasteiger charge is 2.23. The lowest BCUT2D eigenvalue weighted by molar-refractivity contribution is -0.870. The number of aliphatic hydroxyl groups is 1. The van der Waals surface area contributed by atoms with E-state index in [-0.39, 0.29) is 19.1 Å². The minimum atomic E-state index is -4.61. The van der Waals surface area contributed by atoms with Crippen LogP contribution in [0.5, 0.6) is 0 Å². The number of hydrogen-bond acceptors (Lipinski definition) is 6. The first-order chi connectivity index (χ1) is 39.5. The SMILES string of the molecule is CCCCCCCCCCCCCCCCCCCCCCCCCCC/C=C/CC/C=C/C(O)C(COP(=O)([O-])OCC[N+](C)(C)C)NC(=O)CCCCCCCCCCCCCCCCCCCCCCCCCCCCCC. The maximum Gasteiger partial charge on any atom is 0.268 e. The third-order valence-electron chi connectivity index (χ3n) is 16.9. The number of carbonyl (C=O) groups is 1. The summed E-state index contributed by atoms with van der Waals surface area (Å²) in [4.78, 5) is 25.6. The molecule has 0 aliphatic carbocycles. The smallest absolute Gasteiger partial charge is 0.268 e. The highest BCUT2D eigenvalue weighted by molar-refractivity contribution is 7.45. The van der Waals surface area contributed by atoms with Gasteiger partial charge < -0.3 is 28.8 Å². The van der Waals surface area contributed by atoms with Crippen molar-refractivity contribution in [1.29, 1.82) is 0 Å². The summed E-state index contributed by atoms with van der Waals surface area (Å²) >= 11 is 0. The third-order valence-corrected chi connectivity index (χ3v) is 17.9. The third kappa shape index (κ3) is 66.4. The van der Waals surface area contributed by atoms with Crippen LogP contribution in [-0.2, 0) is 18.4 Å². The standard InChI is InChI=1S/C72H143N2O6P/c1-6-8-10-12-14-16-18-20-22-24-26-28-30-32-34-36-37-38-39-41-43-45-47-49-51-53-55-57-59-61-63-65-71(75)70(69-80-81(77,78)79-68-67-74(3,4)5)73-72(76)66-64-62-60-58-56-54-52-50-48-46-44-42-40-35-33-31-29-27-25-23-21-19-17-15-13-11-9-7-2/h55,57,63,65,70-71,75H,6-54,56,58-62,64,66-69H2,1-5H3,(H-,73,76,77,78)/b57-55+,65-63+. The normalized spacial score (nSPS) is 13.7. The fraction of sp³-hybridized carbons (Fsp3) is 0.931. The first-order valence-corrected chi connectivity index (χ1v) is 37.7. The van der Waals surface area contributed by atoms with Gasteiger partial charge >= 0.3 is 0 Å². The number of amides is 1. The second-order valence-electron chi connectivity index (χ2n) is 26.3. The van der Waals surface area contributed by atoms with Crippen LogP contribution in [0.1, 0.15) is 380 Å². The maximum atomic E-state index is 13.0. The summed E-state index contributed by atoms with van der Waals surface area (Å²) in [6, 6.07) is -0.902. The van der Waals surface area contributed by atoms with Crippen molar-refractivity contribution in [2.24, 2.45) is 0 Å². The van der Waals surface area contributed by atoms with Gasteiger partial charge in [-0.15, -0.1) is 0 Å². The van der Waals surface area contributed by atoms with E-state index in [2.05, 4.69) is 31.3 Å². The molecular formula is C72H143N2O6P. The second kappa shape index (κ2) is 63.5. The van der Waals surface area contributed by atoms with Gasteiger partial charge in [0.15, 0.2) is 0 Å². The van der Waals surface area contributed by atoms with E-state index in [1.54, 1.807) is 6.08 Å². The number of nitrogens with zero attached hydrogens (tertiary/aromatic N) is 1. The molecule has 0 aromatic heterocycles. The fourth-order valence-electron chi connectivity index (χ4n) is 11.3. The van der Waals surface area contributed by atoms with Crippen LogP contribution in [0.2, 0.25) is 0 Å². The monoisotopic (exact) mass is 1160 g/mol. The summed E-state index contributed by atoms with van der Waals surface area (Å²) in [5.74, 6) is -0.198. The lowest BCUT2D eigenvalue weighted by Crippen LogP contribution is -2.45. The molecule has 0 aliphatic rings. The van der Waals surface area contributed by atoms with Crippen LogP contribution < -0.4 is 10.2 Å². The summed E-state index contributed by atoms with van der Waals surface area (Å²) < 4.78 is 23.5. The second-order valence-corrected chi connectivity index (χ2v) is 27.7. The van der Waals surface area contributed by atoms with Gasteiger partial charge in [-0.3, -0.25) is 9.36 Å². The molecule has 0 fully saturated rings. The predicted octanol–water partition coefficient (Wildman–Crippen LogP) is 22.4. The topological polar surface area (TPSA) is 108 Å². The number of hydrogen-bond donors (Lipinski definition) is 2. The molecular weight excluding hydrogens is 1020 g/mol. The van der Waals surface area contributed by atoms with Gasteiger partial charge in [0.2, 0.25) is 5.91 Å². The first kappa shape index (κ1) is 80.0. The van der Waals surface area contributed by atoms with Crippen LogP contribution in [-0.4, -0.2) is 68.5 Å². The average molecular weight is 1160 g/mol. The number of rotatable bonds is 68. The number of carbonyl (C=O) groups excluding carboxylic acids is 1. The number of phosphoric acid groups is 1. The Labute approximate surface area is 506 Å². The molecule has 0 saturated heterocycles. The van der Waals surface area contributed by atoms with Crippen molar-refractivity contribution in [3.63, 3.8) is 0 Å². The molecule has 81 heavy (non-hydrogen) atoms. The van der Waals surface area contributed by atoms with E-state index in [9.17, 15) is 19.4 Å². The zero-order valence-corrected chi connectivity index (χ0v) is 56.2. The van der Waals surface area contributed by atoms with Crippen LogP contribution in [0.25, 0.3) is 0 Å². The van der Waals surface area contributed by atoms with Gasteiger partial charge in [0.05, 0.1) is 39.9 Å². The summed E-state index contributed by atoms with van der Waals surface area (Å²) in [6.45, 7) is 4.70. The van der Waals surface area contributed by atoms with E-state index in [1.807, 2.05) is 27.2 Å². The molecule has 8 nitrogen and oxygen atoms in total. The summed E-state index contributed by atoms with van der Waals surface area (Å²) in [6.07, 6.45) is 83.2. The number of phosphoric ester groups is 1. The van der Waals surface area contributed by atoms with Crippen molar-refractivity contribution in [1.82, 2.24) is 5.32 Å². The van der Waals surface area contributed by atoms with Gasteiger partial charge in [0, 0.05) is 6.42 Å². The van der Waals surface area contributed by atoms with Crippen molar-refractivity contribution in [2.75, 3.05) is 40.9 Å². The van der Waals surface area contributed by atoms with Gasteiger partial charge in [0.25, 0.3) is 7.82 Å². The highest BCUT2D eigenvalue weighted by atomic mass is 31.2. The number of unbranched alkanes of at least 4 members (excludes halogenated alkanes) is 53. The Hall–Kier alpha value is -1.02. The number of aliphatic hydroxyl groups excluding tert-OH is 1. The van der Waals surface area contributed by atoms with Crippen molar-refractivity contribution in [2.45, 2.75) is 392 Å². The van der Waals surface area contributed by atoms with Gasteiger partial charge in [-0.2, -0.15) is 0 Å². The van der Waals surface area contributed by atoms with Crippen molar-refractivity contribution < 1.29 is 32.9 Å². The Bertz CT molecular complexity index is 1370. The van der Waals surface area contributed by atoms with Crippen molar-refractivity contribution >= 4 is 13.7 Å². The zero-order valence-electron chi connectivity index (χ0n) is 55.3. The molecule has 0 aromatic carbocycles. The molecule has 1 amide bonds. The quantitative estimate of drug-likeness (QED) is 0.0272. The highest BCUT2D eigenvalue weighted by Crippen LogP contribution is 2.38. The van der Waals surface area contributed by atoms with Gasteiger partial charge in [-0.1, -0.05) is 366 Å². The molecule has 0 radical (unpaired) electrons. The maximum absolute atomic E-state index is 13.0. The largest absolute Gasteiger partial charge is 0.756 e. The molecule has 0 saturated carbocycles. The van der Waals surface area contributed by atoms with Crippen LogP contribution in [0.3, 0.4) is 0 Å². The van der Waals surface area contributed by atoms with E-state index >= 15 is 0 Å². The predicted molar refractivity (Wildman–Crippen MR) is 353 cm³/mol. The van der Waals surface area contributed by atoms with Gasteiger partial charge in [0.1, 0.15) is 13.2 Å².